The van der Waals surface area contributed by atoms with Gasteiger partial charge in [-0.05, 0) is 61.9 Å². The Morgan fingerprint density at radius 2 is 1.39 bits per heavy atom. The van der Waals surface area contributed by atoms with Gasteiger partial charge in [0.15, 0.2) is 0 Å². The molecule has 1 heterocycles. The van der Waals surface area contributed by atoms with Crippen molar-refractivity contribution in [2.45, 2.75) is 49.1 Å². The first-order valence-corrected chi connectivity index (χ1v) is 18.6. The van der Waals surface area contributed by atoms with Gasteiger partial charge in [-0.2, -0.15) is 18.4 Å². The highest BCUT2D eigenvalue weighted by Gasteiger charge is 2.31. The molecule has 0 bridgehead atoms. The number of hydrogen-bond donors (Lipinski definition) is 3. The van der Waals surface area contributed by atoms with Gasteiger partial charge in [0.1, 0.15) is 5.56 Å². The van der Waals surface area contributed by atoms with E-state index < -0.39 is 39.6 Å². The van der Waals surface area contributed by atoms with Crippen LogP contribution in [-0.2, 0) is 35.9 Å². The maximum atomic E-state index is 13.7. The number of alkyl halides is 3. The number of hydrogen-bond acceptors (Lipinski definition) is 9. The van der Waals surface area contributed by atoms with Crippen LogP contribution in [0.2, 0.25) is 0 Å². The zero-order valence-electron chi connectivity index (χ0n) is 30.3. The Morgan fingerprint density at radius 3 is 1.96 bits per heavy atom. The second-order valence-corrected chi connectivity index (χ2v) is 13.1. The number of rotatable bonds is 23. The molecule has 294 valence electrons. The van der Waals surface area contributed by atoms with E-state index in [0.29, 0.717) is 51.7 Å². The number of nitrogens with one attached hydrogen (secondary N) is 3. The highest BCUT2D eigenvalue weighted by Crippen LogP contribution is 2.31. The number of urea groups is 1. The minimum atomic E-state index is -4.70. The van der Waals surface area contributed by atoms with Crippen molar-refractivity contribution < 1.29 is 45.9 Å². The molecule has 13 nitrogen and oxygen atoms in total. The lowest BCUT2D eigenvalue weighted by Crippen LogP contribution is -2.37. The van der Waals surface area contributed by atoms with Gasteiger partial charge in [-0.25, -0.2) is 9.00 Å². The summed E-state index contributed by atoms with van der Waals surface area (Å²) in [5.41, 5.74) is -2.10. The van der Waals surface area contributed by atoms with Crippen molar-refractivity contribution in [3.05, 3.63) is 87.3 Å². The van der Waals surface area contributed by atoms with Crippen LogP contribution in [0.5, 0.6) is 0 Å². The molecule has 0 saturated carbocycles. The number of nitriles is 1. The van der Waals surface area contributed by atoms with E-state index in [2.05, 4.69) is 22.9 Å². The molecule has 54 heavy (non-hydrogen) atoms. The summed E-state index contributed by atoms with van der Waals surface area (Å²) < 4.78 is 77.0. The Labute approximate surface area is 314 Å². The maximum absolute atomic E-state index is 13.7. The molecule has 3 rings (SSSR count). The lowest BCUT2D eigenvalue weighted by molar-refractivity contribution is -0.137. The monoisotopic (exact) mass is 777 g/mol. The van der Waals surface area contributed by atoms with Crippen LogP contribution in [0.25, 0.3) is 5.69 Å². The first-order chi connectivity index (χ1) is 26.0. The summed E-state index contributed by atoms with van der Waals surface area (Å²) in [5, 5.41) is 17.2. The van der Waals surface area contributed by atoms with E-state index in [9.17, 15) is 31.8 Å². The van der Waals surface area contributed by atoms with Gasteiger partial charge in [0.25, 0.3) is 11.5 Å². The molecule has 1 unspecified atom stereocenters. The molecule has 2 aromatic carbocycles. The fraction of sp³-hybridized carbons (Fsp3) is 0.459. The van der Waals surface area contributed by atoms with Gasteiger partial charge in [0, 0.05) is 35.9 Å². The first kappa shape index (κ1) is 43.8. The van der Waals surface area contributed by atoms with Gasteiger partial charge in [-0.1, -0.05) is 25.8 Å². The SMILES string of the molecule is CCCCCNC(=O)NCCOCCOCCOCCOCCNC(=O)c1cc(S(=O)c2ccc(C#N)cc2)c(C)n(-c2cccc(C(F)(F)F)c2)c1=O. The lowest BCUT2D eigenvalue weighted by Gasteiger charge is -2.18. The summed E-state index contributed by atoms with van der Waals surface area (Å²) in [4.78, 5) is 38.7. The highest BCUT2D eigenvalue weighted by atomic mass is 32.2. The first-order valence-electron chi connectivity index (χ1n) is 17.4. The minimum Gasteiger partial charge on any atom is -0.377 e. The number of carbonyl (C=O) groups excluding carboxylic acids is 2. The van der Waals surface area contributed by atoms with E-state index in [4.69, 9.17) is 24.2 Å². The van der Waals surface area contributed by atoms with E-state index in [1.165, 1.54) is 43.3 Å². The predicted molar refractivity (Wildman–Crippen MR) is 194 cm³/mol. The largest absolute Gasteiger partial charge is 0.416 e. The molecule has 3 aromatic rings. The minimum absolute atomic E-state index is 0.00792. The van der Waals surface area contributed by atoms with Crippen molar-refractivity contribution >= 4 is 22.7 Å². The van der Waals surface area contributed by atoms with Gasteiger partial charge in [-0.15, -0.1) is 0 Å². The van der Waals surface area contributed by atoms with Gasteiger partial charge in [0.05, 0.1) is 85.7 Å². The third-order valence-corrected chi connectivity index (χ3v) is 9.23. The smallest absolute Gasteiger partial charge is 0.377 e. The number of unbranched alkanes of at least 4 members (excludes halogenated alkanes) is 2. The normalized spacial score (nSPS) is 11.9. The third kappa shape index (κ3) is 14.3. The van der Waals surface area contributed by atoms with Crippen molar-refractivity contribution in [1.82, 2.24) is 20.5 Å². The van der Waals surface area contributed by atoms with Gasteiger partial charge < -0.3 is 34.9 Å². The fourth-order valence-electron chi connectivity index (χ4n) is 4.91. The van der Waals surface area contributed by atoms with Crippen LogP contribution in [0, 0.1) is 18.3 Å². The van der Waals surface area contributed by atoms with Crippen molar-refractivity contribution in [1.29, 1.82) is 5.26 Å². The van der Waals surface area contributed by atoms with E-state index in [-0.39, 0.29) is 53.6 Å². The average Bonchev–Trinajstić information content (AvgIpc) is 3.16. The molecule has 0 aliphatic carbocycles. The van der Waals surface area contributed by atoms with E-state index in [1.807, 2.05) is 6.07 Å². The molecular formula is C37H46F3N5O8S. The maximum Gasteiger partial charge on any atom is 0.416 e. The van der Waals surface area contributed by atoms with Crippen molar-refractivity contribution in [2.75, 3.05) is 72.5 Å². The third-order valence-electron chi connectivity index (χ3n) is 7.72. The molecule has 0 fully saturated rings. The van der Waals surface area contributed by atoms with Crippen molar-refractivity contribution in [2.24, 2.45) is 0 Å². The molecule has 0 radical (unpaired) electrons. The predicted octanol–water partition coefficient (Wildman–Crippen LogP) is 4.49. The Kier molecular flexibility index (Phi) is 18.9. The van der Waals surface area contributed by atoms with Gasteiger partial charge in [0.2, 0.25) is 0 Å². The summed E-state index contributed by atoms with van der Waals surface area (Å²) >= 11 is 0. The number of carbonyl (C=O) groups is 2. The van der Waals surface area contributed by atoms with Crippen LogP contribution in [0.3, 0.4) is 0 Å². The summed E-state index contributed by atoms with van der Waals surface area (Å²) in [6.45, 7) is 6.84. The number of amides is 3. The molecule has 0 aliphatic heterocycles. The summed E-state index contributed by atoms with van der Waals surface area (Å²) in [6, 6.07) is 12.8. The second-order valence-electron chi connectivity index (χ2n) is 11.7. The Hall–Kier alpha value is -4.60. The number of halogens is 3. The number of aromatic nitrogens is 1. The highest BCUT2D eigenvalue weighted by molar-refractivity contribution is 7.85. The van der Waals surface area contributed by atoms with Crippen molar-refractivity contribution in [3.63, 3.8) is 0 Å². The lowest BCUT2D eigenvalue weighted by atomic mass is 10.1. The van der Waals surface area contributed by atoms with E-state index in [1.54, 1.807) is 0 Å². The average molecular weight is 778 g/mol. The number of ether oxygens (including phenoxy) is 4. The van der Waals surface area contributed by atoms with E-state index in [0.717, 1.165) is 42.0 Å². The van der Waals surface area contributed by atoms with Crippen LogP contribution in [0.1, 0.15) is 53.4 Å². The molecule has 1 atom stereocenters. The van der Waals surface area contributed by atoms with Crippen LogP contribution in [0.4, 0.5) is 18.0 Å². The van der Waals surface area contributed by atoms with Gasteiger partial charge >= 0.3 is 12.2 Å². The topological polar surface area (TPSA) is 170 Å². The molecule has 1 aromatic heterocycles. The van der Waals surface area contributed by atoms with E-state index >= 15 is 0 Å². The molecule has 0 aliphatic rings. The molecule has 0 spiro atoms. The quantitative estimate of drug-likeness (QED) is 0.118. The standard InChI is InChI=1S/C37H46F3N5O8S/c1-3-4-5-13-43-36(48)44-15-17-51-19-21-53-23-22-52-20-18-50-16-14-42-34(46)32-25-33(54(49)31-11-9-28(26-41)10-12-31)27(2)45(35(32)47)30-8-6-7-29(24-30)37(38,39)40/h6-12,24-25H,3-5,13-23H2,1-2H3,(H,42,46)(H2,43,44,48). The fourth-order valence-corrected chi connectivity index (χ4v) is 6.13. The Bertz CT molecular complexity index is 1780. The zero-order chi connectivity index (χ0) is 39.3. The van der Waals surface area contributed by atoms with Crippen LogP contribution < -0.4 is 21.5 Å². The Morgan fingerprint density at radius 1 is 0.815 bits per heavy atom. The summed E-state index contributed by atoms with van der Waals surface area (Å²) in [6.07, 6.45) is -1.58. The van der Waals surface area contributed by atoms with Crippen LogP contribution in [-0.4, -0.2) is 93.2 Å². The number of pyridine rings is 1. The molecule has 0 saturated heterocycles. The Balaban J connectivity index is 1.45. The summed E-state index contributed by atoms with van der Waals surface area (Å²) in [7, 11) is -1.97. The zero-order valence-corrected chi connectivity index (χ0v) is 31.1. The number of benzene rings is 2. The molecular weight excluding hydrogens is 731 g/mol. The molecule has 3 amide bonds. The molecule has 3 N–H and O–H groups in total. The second kappa shape index (κ2) is 23.2. The number of nitrogens with zero attached hydrogens (tertiary/aromatic N) is 2. The van der Waals surface area contributed by atoms with Crippen LogP contribution in [0.15, 0.2) is 69.2 Å². The molecule has 17 heteroatoms. The van der Waals surface area contributed by atoms with Crippen molar-refractivity contribution in [3.8, 4) is 11.8 Å². The van der Waals surface area contributed by atoms with Crippen LogP contribution >= 0.6 is 0 Å². The summed E-state index contributed by atoms with van der Waals surface area (Å²) in [5.74, 6) is -0.834. The van der Waals surface area contributed by atoms with Gasteiger partial charge in [-0.3, -0.25) is 14.2 Å².